The Morgan fingerprint density at radius 2 is 1.71 bits per heavy atom. The van der Waals surface area contributed by atoms with E-state index in [2.05, 4.69) is 31.4 Å². The molecule has 7 nitrogen and oxygen atoms in total. The van der Waals surface area contributed by atoms with Crippen molar-refractivity contribution in [2.45, 2.75) is 30.4 Å². The normalized spacial score (nSPS) is 11.6. The lowest BCUT2D eigenvalue weighted by atomic mass is 10.1. The Morgan fingerprint density at radius 3 is 2.32 bits per heavy atom. The predicted octanol–water partition coefficient (Wildman–Crippen LogP) is 3.86. The molecule has 0 spiro atoms. The maximum Gasteiger partial charge on any atom is 0.322 e. The Bertz CT molecular complexity index is 1080. The molecule has 0 aliphatic carbocycles. The van der Waals surface area contributed by atoms with Crippen LogP contribution in [-0.2, 0) is 16.3 Å². The summed E-state index contributed by atoms with van der Waals surface area (Å²) in [5, 5.41) is 9.81. The SMILES string of the molecule is CC(C)S(=O)(=O)c1ccc(Cc2nnc(NC(=O)c3ccc(Br)cc3)o2)cc1. The van der Waals surface area contributed by atoms with Gasteiger partial charge in [-0.2, -0.15) is 0 Å². The summed E-state index contributed by atoms with van der Waals surface area (Å²) in [6, 6.07) is 13.4. The Hall–Kier alpha value is -2.52. The molecule has 3 rings (SSSR count). The first kappa shape index (κ1) is 20.2. The monoisotopic (exact) mass is 463 g/mol. The molecule has 1 heterocycles. The number of aromatic nitrogens is 2. The van der Waals surface area contributed by atoms with Gasteiger partial charge in [-0.25, -0.2) is 8.42 Å². The fourth-order valence-corrected chi connectivity index (χ4v) is 3.71. The minimum Gasteiger partial charge on any atom is -0.407 e. The fourth-order valence-electron chi connectivity index (χ4n) is 2.39. The molecule has 9 heteroatoms. The minimum absolute atomic E-state index is 0.00178. The van der Waals surface area contributed by atoms with Crippen molar-refractivity contribution in [3.63, 3.8) is 0 Å². The molecule has 0 saturated heterocycles. The van der Waals surface area contributed by atoms with E-state index in [1.807, 2.05) is 0 Å². The van der Waals surface area contributed by atoms with E-state index in [0.717, 1.165) is 10.0 Å². The quantitative estimate of drug-likeness (QED) is 0.595. The highest BCUT2D eigenvalue weighted by Gasteiger charge is 2.19. The maximum absolute atomic E-state index is 12.2. The molecule has 2 aromatic carbocycles. The molecule has 0 radical (unpaired) electrons. The average Bonchev–Trinajstić information content (AvgIpc) is 3.09. The van der Waals surface area contributed by atoms with Crippen molar-refractivity contribution in [1.82, 2.24) is 10.2 Å². The summed E-state index contributed by atoms with van der Waals surface area (Å²) in [5.41, 5.74) is 1.28. The molecular weight excluding hydrogens is 446 g/mol. The van der Waals surface area contributed by atoms with E-state index in [4.69, 9.17) is 4.42 Å². The van der Waals surface area contributed by atoms with Crippen LogP contribution < -0.4 is 5.32 Å². The molecule has 0 fully saturated rings. The number of hydrogen-bond acceptors (Lipinski definition) is 6. The smallest absolute Gasteiger partial charge is 0.322 e. The Morgan fingerprint density at radius 1 is 1.07 bits per heavy atom. The number of halogens is 1. The number of benzene rings is 2. The number of carbonyl (C=O) groups is 1. The molecule has 0 aliphatic heterocycles. The molecule has 0 atom stereocenters. The third kappa shape index (κ3) is 4.66. The van der Waals surface area contributed by atoms with E-state index in [0.29, 0.717) is 17.9 Å². The zero-order valence-electron chi connectivity index (χ0n) is 15.2. The molecule has 0 unspecified atom stereocenters. The van der Waals surface area contributed by atoms with Gasteiger partial charge in [-0.15, -0.1) is 5.10 Å². The fraction of sp³-hybridized carbons (Fsp3) is 0.211. The Kier molecular flexibility index (Phi) is 5.95. The topological polar surface area (TPSA) is 102 Å². The number of sulfone groups is 1. The van der Waals surface area contributed by atoms with E-state index in [1.165, 1.54) is 0 Å². The van der Waals surface area contributed by atoms with Crippen LogP contribution in [0.3, 0.4) is 0 Å². The summed E-state index contributed by atoms with van der Waals surface area (Å²) in [6.07, 6.45) is 0.323. The zero-order valence-corrected chi connectivity index (χ0v) is 17.6. The van der Waals surface area contributed by atoms with Crippen molar-refractivity contribution >= 4 is 37.7 Å². The highest BCUT2D eigenvalue weighted by atomic mass is 79.9. The van der Waals surface area contributed by atoms with Crippen LogP contribution in [0.15, 0.2) is 62.3 Å². The van der Waals surface area contributed by atoms with E-state index in [-0.39, 0.29) is 16.8 Å². The third-order valence-corrected chi connectivity index (χ3v) is 6.72. The molecule has 0 bridgehead atoms. The molecule has 1 N–H and O–H groups in total. The lowest BCUT2D eigenvalue weighted by Crippen LogP contribution is -2.13. The third-order valence-electron chi connectivity index (χ3n) is 4.02. The first-order valence-corrected chi connectivity index (χ1v) is 10.8. The highest BCUT2D eigenvalue weighted by Crippen LogP contribution is 2.19. The lowest BCUT2D eigenvalue weighted by Gasteiger charge is -2.08. The summed E-state index contributed by atoms with van der Waals surface area (Å²) in [7, 11) is -3.31. The van der Waals surface area contributed by atoms with Crippen LogP contribution in [-0.4, -0.2) is 29.8 Å². The van der Waals surface area contributed by atoms with E-state index >= 15 is 0 Å². The van der Waals surface area contributed by atoms with Crippen molar-refractivity contribution in [2.75, 3.05) is 5.32 Å². The molecule has 1 amide bonds. The van der Waals surface area contributed by atoms with Crippen LogP contribution in [0, 0.1) is 0 Å². The van der Waals surface area contributed by atoms with Crippen molar-refractivity contribution in [1.29, 1.82) is 0 Å². The van der Waals surface area contributed by atoms with Crippen molar-refractivity contribution in [3.8, 4) is 0 Å². The van der Waals surface area contributed by atoms with Crippen LogP contribution in [0.1, 0.15) is 35.7 Å². The Balaban J connectivity index is 1.66. The van der Waals surface area contributed by atoms with Gasteiger partial charge in [-0.1, -0.05) is 33.2 Å². The number of nitrogens with one attached hydrogen (secondary N) is 1. The van der Waals surface area contributed by atoms with Crippen molar-refractivity contribution in [3.05, 3.63) is 70.0 Å². The number of rotatable bonds is 6. The van der Waals surface area contributed by atoms with Gasteiger partial charge < -0.3 is 4.42 Å². The van der Waals surface area contributed by atoms with Gasteiger partial charge in [-0.3, -0.25) is 10.1 Å². The highest BCUT2D eigenvalue weighted by molar-refractivity contribution is 9.10. The van der Waals surface area contributed by atoms with Gasteiger partial charge in [0.05, 0.1) is 16.6 Å². The van der Waals surface area contributed by atoms with Crippen LogP contribution in [0.2, 0.25) is 0 Å². The van der Waals surface area contributed by atoms with Gasteiger partial charge in [0.1, 0.15) is 0 Å². The molecule has 28 heavy (non-hydrogen) atoms. The second-order valence-corrected chi connectivity index (χ2v) is 9.80. The number of carbonyl (C=O) groups excluding carboxylic acids is 1. The number of hydrogen-bond donors (Lipinski definition) is 1. The standard InChI is InChI=1S/C19H18BrN3O4S/c1-12(2)28(25,26)16-9-3-13(4-10-16)11-17-22-23-19(27-17)21-18(24)14-5-7-15(20)8-6-14/h3-10,12H,11H2,1-2H3,(H,21,23,24). The van der Waals surface area contributed by atoms with Gasteiger partial charge in [0.2, 0.25) is 5.89 Å². The maximum atomic E-state index is 12.2. The predicted molar refractivity (Wildman–Crippen MR) is 108 cm³/mol. The summed E-state index contributed by atoms with van der Waals surface area (Å²) in [4.78, 5) is 12.4. The lowest BCUT2D eigenvalue weighted by molar-refractivity contribution is 0.102. The zero-order chi connectivity index (χ0) is 20.3. The van der Waals surface area contributed by atoms with Crippen molar-refractivity contribution < 1.29 is 17.6 Å². The Labute approximate surface area is 171 Å². The van der Waals surface area contributed by atoms with Crippen LogP contribution in [0.4, 0.5) is 6.01 Å². The molecular formula is C19H18BrN3O4S. The number of nitrogens with zero attached hydrogens (tertiary/aromatic N) is 2. The summed E-state index contributed by atoms with van der Waals surface area (Å²) >= 11 is 3.31. The second kappa shape index (κ2) is 8.24. The van der Waals surface area contributed by atoms with Crippen LogP contribution in [0.5, 0.6) is 0 Å². The molecule has 0 aliphatic rings. The summed E-state index contributed by atoms with van der Waals surface area (Å²) in [5.74, 6) is -0.0449. The molecule has 146 valence electrons. The van der Waals surface area contributed by atoms with Gasteiger partial charge in [-0.05, 0) is 55.8 Å². The van der Waals surface area contributed by atoms with Gasteiger partial charge in [0.15, 0.2) is 9.84 Å². The summed E-state index contributed by atoms with van der Waals surface area (Å²) in [6.45, 7) is 3.29. The number of anilines is 1. The van der Waals surface area contributed by atoms with Crippen LogP contribution >= 0.6 is 15.9 Å². The van der Waals surface area contributed by atoms with Gasteiger partial charge >= 0.3 is 6.01 Å². The molecule has 0 saturated carbocycles. The van der Waals surface area contributed by atoms with Crippen LogP contribution in [0.25, 0.3) is 0 Å². The van der Waals surface area contributed by atoms with E-state index in [1.54, 1.807) is 62.4 Å². The molecule has 3 aromatic rings. The summed E-state index contributed by atoms with van der Waals surface area (Å²) < 4.78 is 30.6. The van der Waals surface area contributed by atoms with Crippen molar-refractivity contribution in [2.24, 2.45) is 0 Å². The van der Waals surface area contributed by atoms with Gasteiger partial charge in [0.25, 0.3) is 5.91 Å². The van der Waals surface area contributed by atoms with E-state index in [9.17, 15) is 13.2 Å². The minimum atomic E-state index is -3.31. The first-order chi connectivity index (χ1) is 13.3. The van der Waals surface area contributed by atoms with Gasteiger partial charge in [0, 0.05) is 10.0 Å². The van der Waals surface area contributed by atoms with E-state index < -0.39 is 15.1 Å². The largest absolute Gasteiger partial charge is 0.407 e. The number of amides is 1. The first-order valence-electron chi connectivity index (χ1n) is 8.48. The second-order valence-electron chi connectivity index (χ2n) is 6.38. The average molecular weight is 464 g/mol. The molecule has 1 aromatic heterocycles.